The number of methoxy groups -OCH3 is 1. The molecule has 4 heteroatoms. The summed E-state index contributed by atoms with van der Waals surface area (Å²) in [5.74, 6) is 1.41. The first-order valence-electron chi connectivity index (χ1n) is 7.22. The molecule has 0 amide bonds. The predicted octanol–water partition coefficient (Wildman–Crippen LogP) is 3.92. The minimum Gasteiger partial charge on any atom is -0.493 e. The lowest BCUT2D eigenvalue weighted by molar-refractivity contribution is 0.0600. The van der Waals surface area contributed by atoms with Gasteiger partial charge in [-0.1, -0.05) is 25.3 Å². The molecular formula is C16H22O3S. The van der Waals surface area contributed by atoms with Crippen LogP contribution in [0.5, 0.6) is 5.75 Å². The molecule has 1 aliphatic rings. The molecule has 0 aliphatic heterocycles. The number of carbonyl (C=O) groups excluding carboxylic acids is 1. The van der Waals surface area contributed by atoms with Gasteiger partial charge in [-0.3, -0.25) is 0 Å². The van der Waals surface area contributed by atoms with Crippen molar-refractivity contribution in [2.45, 2.75) is 37.4 Å². The summed E-state index contributed by atoms with van der Waals surface area (Å²) in [4.78, 5) is 11.4. The fraction of sp³-hybridized carbons (Fsp3) is 0.562. The van der Waals surface area contributed by atoms with Gasteiger partial charge in [-0.05, 0) is 31.0 Å². The molecule has 20 heavy (non-hydrogen) atoms. The zero-order chi connectivity index (χ0) is 14.2. The third-order valence-corrected chi connectivity index (χ3v) is 4.86. The van der Waals surface area contributed by atoms with Crippen molar-refractivity contribution in [3.8, 4) is 5.75 Å². The fourth-order valence-corrected chi connectivity index (χ4v) is 3.62. The average Bonchev–Trinajstić information content (AvgIpc) is 2.52. The molecule has 0 N–H and O–H groups in total. The number of thioether (sulfide) groups is 1. The average molecular weight is 294 g/mol. The second kappa shape index (κ2) is 8.20. The Morgan fingerprint density at radius 3 is 2.85 bits per heavy atom. The zero-order valence-corrected chi connectivity index (χ0v) is 12.8. The van der Waals surface area contributed by atoms with Crippen molar-refractivity contribution in [3.05, 3.63) is 29.8 Å². The van der Waals surface area contributed by atoms with Crippen molar-refractivity contribution < 1.29 is 14.3 Å². The van der Waals surface area contributed by atoms with E-state index < -0.39 is 0 Å². The number of hydrogen-bond donors (Lipinski definition) is 0. The van der Waals surface area contributed by atoms with Gasteiger partial charge in [0.2, 0.25) is 0 Å². The highest BCUT2D eigenvalue weighted by atomic mass is 32.2. The molecule has 110 valence electrons. The summed E-state index contributed by atoms with van der Waals surface area (Å²) >= 11 is 2.01. The highest BCUT2D eigenvalue weighted by Crippen LogP contribution is 2.28. The molecule has 0 bridgehead atoms. The smallest absolute Gasteiger partial charge is 0.337 e. The number of carbonyl (C=O) groups is 1. The molecule has 1 aromatic carbocycles. The maximum absolute atomic E-state index is 11.4. The minimum atomic E-state index is -0.327. The van der Waals surface area contributed by atoms with E-state index in [0.717, 1.165) is 16.8 Å². The van der Waals surface area contributed by atoms with Gasteiger partial charge in [0.1, 0.15) is 5.75 Å². The van der Waals surface area contributed by atoms with E-state index in [2.05, 4.69) is 0 Å². The molecule has 2 rings (SSSR count). The highest BCUT2D eigenvalue weighted by molar-refractivity contribution is 7.99. The number of esters is 1. The van der Waals surface area contributed by atoms with Crippen LogP contribution in [-0.2, 0) is 4.74 Å². The van der Waals surface area contributed by atoms with Gasteiger partial charge in [-0.25, -0.2) is 4.79 Å². The Labute approximate surface area is 125 Å². The van der Waals surface area contributed by atoms with Gasteiger partial charge in [0.25, 0.3) is 0 Å². The van der Waals surface area contributed by atoms with Gasteiger partial charge in [-0.2, -0.15) is 11.8 Å². The number of ether oxygens (including phenoxy) is 2. The van der Waals surface area contributed by atoms with Crippen LogP contribution in [0, 0.1) is 0 Å². The monoisotopic (exact) mass is 294 g/mol. The van der Waals surface area contributed by atoms with Crippen LogP contribution in [0.1, 0.15) is 42.5 Å². The summed E-state index contributed by atoms with van der Waals surface area (Å²) < 4.78 is 10.4. The topological polar surface area (TPSA) is 35.5 Å². The summed E-state index contributed by atoms with van der Waals surface area (Å²) in [6, 6.07) is 7.15. The normalized spacial score (nSPS) is 15.8. The summed E-state index contributed by atoms with van der Waals surface area (Å²) in [5.41, 5.74) is 0.532. The van der Waals surface area contributed by atoms with E-state index in [1.165, 1.54) is 39.2 Å². The second-order valence-electron chi connectivity index (χ2n) is 5.00. The Morgan fingerprint density at radius 2 is 2.10 bits per heavy atom. The number of rotatable bonds is 6. The first-order chi connectivity index (χ1) is 9.79. The SMILES string of the molecule is COC(=O)c1cccc(OCCSC2CCCCC2)c1. The van der Waals surface area contributed by atoms with E-state index in [1.54, 1.807) is 12.1 Å². The number of hydrogen-bond acceptors (Lipinski definition) is 4. The summed E-state index contributed by atoms with van der Waals surface area (Å²) in [6.07, 6.45) is 6.85. The molecule has 0 heterocycles. The molecule has 0 aromatic heterocycles. The van der Waals surface area contributed by atoms with Gasteiger partial charge >= 0.3 is 5.97 Å². The lowest BCUT2D eigenvalue weighted by Crippen LogP contribution is -2.11. The highest BCUT2D eigenvalue weighted by Gasteiger charge is 2.13. The summed E-state index contributed by atoms with van der Waals surface area (Å²) in [5, 5.41) is 0.814. The van der Waals surface area contributed by atoms with Crippen LogP contribution in [-0.4, -0.2) is 30.7 Å². The molecule has 1 fully saturated rings. The van der Waals surface area contributed by atoms with Gasteiger partial charge in [0.15, 0.2) is 0 Å². The van der Waals surface area contributed by atoms with Gasteiger partial charge in [-0.15, -0.1) is 0 Å². The van der Waals surface area contributed by atoms with Crippen LogP contribution in [0.2, 0.25) is 0 Å². The van der Waals surface area contributed by atoms with E-state index in [4.69, 9.17) is 9.47 Å². The lowest BCUT2D eigenvalue weighted by atomic mass is 10.0. The third kappa shape index (κ3) is 4.75. The van der Waals surface area contributed by atoms with Crippen LogP contribution in [0.15, 0.2) is 24.3 Å². The van der Waals surface area contributed by atoms with Crippen LogP contribution in [0.25, 0.3) is 0 Å². The predicted molar refractivity (Wildman–Crippen MR) is 82.6 cm³/mol. The van der Waals surface area contributed by atoms with Crippen molar-refractivity contribution in [2.75, 3.05) is 19.5 Å². The first kappa shape index (κ1) is 15.2. The van der Waals surface area contributed by atoms with Crippen molar-refractivity contribution in [2.24, 2.45) is 0 Å². The Morgan fingerprint density at radius 1 is 1.30 bits per heavy atom. The van der Waals surface area contributed by atoms with E-state index >= 15 is 0 Å². The quantitative estimate of drug-likeness (QED) is 0.588. The van der Waals surface area contributed by atoms with Crippen LogP contribution in [0.4, 0.5) is 0 Å². The Kier molecular flexibility index (Phi) is 6.25. The van der Waals surface area contributed by atoms with Crippen molar-refractivity contribution >= 4 is 17.7 Å². The lowest BCUT2D eigenvalue weighted by Gasteiger charge is -2.20. The van der Waals surface area contributed by atoms with E-state index in [9.17, 15) is 4.79 Å². The molecule has 0 saturated heterocycles. The van der Waals surface area contributed by atoms with Crippen LogP contribution < -0.4 is 4.74 Å². The van der Waals surface area contributed by atoms with Gasteiger partial charge in [0.05, 0.1) is 19.3 Å². The Bertz CT molecular complexity index is 427. The van der Waals surface area contributed by atoms with Crippen LogP contribution in [0.3, 0.4) is 0 Å². The van der Waals surface area contributed by atoms with E-state index in [1.807, 2.05) is 23.9 Å². The van der Waals surface area contributed by atoms with Crippen molar-refractivity contribution in [1.29, 1.82) is 0 Å². The first-order valence-corrected chi connectivity index (χ1v) is 8.27. The van der Waals surface area contributed by atoms with Crippen molar-refractivity contribution in [1.82, 2.24) is 0 Å². The molecule has 3 nitrogen and oxygen atoms in total. The van der Waals surface area contributed by atoms with Crippen LogP contribution >= 0.6 is 11.8 Å². The third-order valence-electron chi connectivity index (χ3n) is 3.51. The van der Waals surface area contributed by atoms with Gasteiger partial charge in [0, 0.05) is 11.0 Å². The fourth-order valence-electron chi connectivity index (χ4n) is 2.44. The van der Waals surface area contributed by atoms with E-state index in [0.29, 0.717) is 12.2 Å². The molecule has 0 atom stereocenters. The molecule has 1 saturated carbocycles. The zero-order valence-electron chi connectivity index (χ0n) is 12.0. The molecule has 1 aliphatic carbocycles. The Balaban J connectivity index is 1.72. The second-order valence-corrected chi connectivity index (χ2v) is 6.41. The maximum atomic E-state index is 11.4. The standard InChI is InChI=1S/C16H22O3S/c1-18-16(17)13-6-5-7-14(12-13)19-10-11-20-15-8-3-2-4-9-15/h5-7,12,15H,2-4,8-11H2,1H3. The van der Waals surface area contributed by atoms with Gasteiger partial charge < -0.3 is 9.47 Å². The molecule has 0 spiro atoms. The summed E-state index contributed by atoms with van der Waals surface area (Å²) in [7, 11) is 1.39. The van der Waals surface area contributed by atoms with Crippen molar-refractivity contribution in [3.63, 3.8) is 0 Å². The largest absolute Gasteiger partial charge is 0.493 e. The summed E-state index contributed by atoms with van der Waals surface area (Å²) in [6.45, 7) is 0.686. The van der Waals surface area contributed by atoms with E-state index in [-0.39, 0.29) is 5.97 Å². The molecule has 1 aromatic rings. The molecule has 0 radical (unpaired) electrons. The molecular weight excluding hydrogens is 272 g/mol. The Hall–Kier alpha value is -1.16. The minimum absolute atomic E-state index is 0.327. The maximum Gasteiger partial charge on any atom is 0.337 e. The number of benzene rings is 1. The molecule has 0 unspecified atom stereocenters.